The predicted octanol–water partition coefficient (Wildman–Crippen LogP) is -0.0235. The summed E-state index contributed by atoms with van der Waals surface area (Å²) < 4.78 is 0. The van der Waals surface area contributed by atoms with Crippen molar-refractivity contribution in [2.75, 3.05) is 6.54 Å². The molecule has 0 aromatic rings. The number of carboxylic acid groups (broad SMARTS) is 1. The van der Waals surface area contributed by atoms with Gasteiger partial charge in [0.25, 0.3) is 0 Å². The number of likely N-dealkylation sites (tertiary alicyclic amines) is 1. The minimum Gasteiger partial charge on any atom is -0.480 e. The number of amides is 2. The lowest BCUT2D eigenvalue weighted by Crippen LogP contribution is -2.54. The summed E-state index contributed by atoms with van der Waals surface area (Å²) in [5, 5.41) is 11.7. The van der Waals surface area contributed by atoms with Gasteiger partial charge in [0.15, 0.2) is 5.78 Å². The van der Waals surface area contributed by atoms with Gasteiger partial charge in [0.05, 0.1) is 6.54 Å². The highest BCUT2D eigenvalue weighted by Gasteiger charge is 2.37. The van der Waals surface area contributed by atoms with Gasteiger partial charge in [-0.25, -0.2) is 9.59 Å². The number of nitrogens with zero attached hydrogens (tertiary/aromatic N) is 1. The van der Waals surface area contributed by atoms with Crippen LogP contribution in [-0.2, 0) is 9.59 Å². The van der Waals surface area contributed by atoms with E-state index in [2.05, 4.69) is 5.32 Å². The van der Waals surface area contributed by atoms with E-state index >= 15 is 0 Å². The molecule has 1 saturated carbocycles. The maximum Gasteiger partial charge on any atom is 0.326 e. The Kier molecular flexibility index (Phi) is 2.80. The quantitative estimate of drug-likeness (QED) is 0.692. The van der Waals surface area contributed by atoms with E-state index in [1.807, 2.05) is 0 Å². The van der Waals surface area contributed by atoms with Crippen LogP contribution in [-0.4, -0.2) is 46.4 Å². The van der Waals surface area contributed by atoms with E-state index in [0.29, 0.717) is 0 Å². The first kappa shape index (κ1) is 10.9. The number of urea groups is 1. The zero-order chi connectivity index (χ0) is 11.7. The third kappa shape index (κ3) is 2.32. The smallest absolute Gasteiger partial charge is 0.326 e. The Morgan fingerprint density at radius 1 is 1.31 bits per heavy atom. The Balaban J connectivity index is 2.03. The normalized spacial score (nSPS) is 25.4. The molecule has 2 N–H and O–H groups in total. The maximum absolute atomic E-state index is 11.7. The zero-order valence-electron chi connectivity index (χ0n) is 8.81. The van der Waals surface area contributed by atoms with Crippen molar-refractivity contribution in [3.63, 3.8) is 0 Å². The first-order valence-corrected chi connectivity index (χ1v) is 5.39. The van der Waals surface area contributed by atoms with Crippen molar-refractivity contribution in [3.8, 4) is 0 Å². The maximum atomic E-state index is 11.7. The fraction of sp³-hybridized carbons (Fsp3) is 0.700. The van der Waals surface area contributed by atoms with E-state index in [1.165, 1.54) is 0 Å². The first-order chi connectivity index (χ1) is 7.58. The molecule has 2 rings (SSSR count). The van der Waals surface area contributed by atoms with E-state index in [-0.39, 0.29) is 31.2 Å². The number of rotatable bonds is 2. The lowest BCUT2D eigenvalue weighted by atomic mass is 10.0. The van der Waals surface area contributed by atoms with Crippen LogP contribution in [0.5, 0.6) is 0 Å². The Labute approximate surface area is 92.6 Å². The van der Waals surface area contributed by atoms with Crippen molar-refractivity contribution in [3.05, 3.63) is 0 Å². The van der Waals surface area contributed by atoms with Gasteiger partial charge in [0.2, 0.25) is 0 Å². The van der Waals surface area contributed by atoms with Crippen molar-refractivity contribution in [1.82, 2.24) is 10.2 Å². The van der Waals surface area contributed by atoms with E-state index in [0.717, 1.165) is 17.7 Å². The van der Waals surface area contributed by atoms with Crippen molar-refractivity contribution in [1.29, 1.82) is 0 Å². The van der Waals surface area contributed by atoms with Crippen molar-refractivity contribution >= 4 is 17.8 Å². The fourth-order valence-electron chi connectivity index (χ4n) is 1.79. The lowest BCUT2D eigenvalue weighted by Gasteiger charge is -2.32. The number of carbonyl (C=O) groups excluding carboxylic acids is 2. The van der Waals surface area contributed by atoms with Gasteiger partial charge in [-0.05, 0) is 19.3 Å². The van der Waals surface area contributed by atoms with E-state index in [9.17, 15) is 14.4 Å². The third-order valence-electron chi connectivity index (χ3n) is 2.87. The Bertz CT molecular complexity index is 338. The van der Waals surface area contributed by atoms with Crippen molar-refractivity contribution in [2.45, 2.75) is 37.8 Å². The van der Waals surface area contributed by atoms with Crippen molar-refractivity contribution < 1.29 is 19.5 Å². The summed E-state index contributed by atoms with van der Waals surface area (Å²) >= 11 is 0. The van der Waals surface area contributed by atoms with Crippen LogP contribution in [0.3, 0.4) is 0 Å². The standard InChI is InChI=1S/C10H14N2O4/c13-7-3-4-8(9(14)15)12(5-7)10(16)11-6-1-2-6/h6,8H,1-5H2,(H,11,16)(H,14,15). The molecule has 1 aliphatic carbocycles. The molecule has 2 fully saturated rings. The molecule has 0 radical (unpaired) electrons. The second-order valence-electron chi connectivity index (χ2n) is 4.28. The van der Waals surface area contributed by atoms with Crippen LogP contribution >= 0.6 is 0 Å². The molecule has 6 nitrogen and oxygen atoms in total. The van der Waals surface area contributed by atoms with Gasteiger partial charge in [-0.15, -0.1) is 0 Å². The Morgan fingerprint density at radius 2 is 2.00 bits per heavy atom. The summed E-state index contributed by atoms with van der Waals surface area (Å²) in [5.41, 5.74) is 0. The largest absolute Gasteiger partial charge is 0.480 e. The van der Waals surface area contributed by atoms with E-state index in [4.69, 9.17) is 5.11 Å². The minimum absolute atomic E-state index is 0.0801. The van der Waals surface area contributed by atoms with Gasteiger partial charge in [-0.1, -0.05) is 0 Å². The van der Waals surface area contributed by atoms with Crippen LogP contribution in [0.25, 0.3) is 0 Å². The summed E-state index contributed by atoms with van der Waals surface area (Å²) in [6.45, 7) is -0.0878. The Morgan fingerprint density at radius 3 is 2.56 bits per heavy atom. The zero-order valence-corrected chi connectivity index (χ0v) is 8.81. The average Bonchev–Trinajstić information content (AvgIpc) is 3.01. The van der Waals surface area contributed by atoms with Crippen LogP contribution in [0, 0.1) is 0 Å². The lowest BCUT2D eigenvalue weighted by molar-refractivity contribution is -0.144. The molecular weight excluding hydrogens is 212 g/mol. The molecule has 0 aromatic carbocycles. The van der Waals surface area contributed by atoms with E-state index < -0.39 is 18.0 Å². The van der Waals surface area contributed by atoms with Crippen LogP contribution in [0.1, 0.15) is 25.7 Å². The van der Waals surface area contributed by atoms with Gasteiger partial charge < -0.3 is 15.3 Å². The number of hydrogen-bond donors (Lipinski definition) is 2. The molecular formula is C10H14N2O4. The number of aliphatic carboxylic acids is 1. The van der Waals surface area contributed by atoms with Crippen LogP contribution in [0.2, 0.25) is 0 Å². The number of piperidine rings is 1. The van der Waals surface area contributed by atoms with Gasteiger partial charge in [0, 0.05) is 12.5 Å². The molecule has 2 amide bonds. The number of carboxylic acids is 1. The highest BCUT2D eigenvalue weighted by atomic mass is 16.4. The molecule has 2 aliphatic rings. The third-order valence-corrected chi connectivity index (χ3v) is 2.87. The van der Waals surface area contributed by atoms with Gasteiger partial charge in [-0.3, -0.25) is 4.79 Å². The molecule has 1 aliphatic heterocycles. The Hall–Kier alpha value is -1.59. The molecule has 1 saturated heterocycles. The highest BCUT2D eigenvalue weighted by molar-refractivity contribution is 5.91. The predicted molar refractivity (Wildman–Crippen MR) is 53.9 cm³/mol. The monoisotopic (exact) mass is 226 g/mol. The molecule has 1 heterocycles. The number of Topliss-reactive ketones (excluding diaryl/α,β-unsaturated/α-hetero) is 1. The summed E-state index contributed by atoms with van der Waals surface area (Å²) in [4.78, 5) is 35.0. The first-order valence-electron chi connectivity index (χ1n) is 5.39. The fourth-order valence-corrected chi connectivity index (χ4v) is 1.79. The molecule has 16 heavy (non-hydrogen) atoms. The molecule has 0 spiro atoms. The number of carbonyl (C=O) groups is 3. The molecule has 1 atom stereocenters. The SMILES string of the molecule is O=C1CCC(C(=O)O)N(C(=O)NC2CC2)C1. The molecule has 0 aromatic heterocycles. The second-order valence-corrected chi connectivity index (χ2v) is 4.28. The topological polar surface area (TPSA) is 86.7 Å². The number of nitrogens with one attached hydrogen (secondary N) is 1. The van der Waals surface area contributed by atoms with Gasteiger partial charge in [0.1, 0.15) is 6.04 Å². The summed E-state index contributed by atoms with van der Waals surface area (Å²) in [6.07, 6.45) is 2.33. The molecule has 0 bridgehead atoms. The molecule has 1 unspecified atom stereocenters. The highest BCUT2D eigenvalue weighted by Crippen LogP contribution is 2.21. The average molecular weight is 226 g/mol. The van der Waals surface area contributed by atoms with Gasteiger partial charge >= 0.3 is 12.0 Å². The summed E-state index contributed by atoms with van der Waals surface area (Å²) in [5.74, 6) is -1.12. The summed E-state index contributed by atoms with van der Waals surface area (Å²) in [7, 11) is 0. The number of hydrogen-bond acceptors (Lipinski definition) is 3. The molecule has 6 heteroatoms. The van der Waals surface area contributed by atoms with E-state index in [1.54, 1.807) is 0 Å². The minimum atomic E-state index is -1.04. The van der Waals surface area contributed by atoms with Gasteiger partial charge in [-0.2, -0.15) is 0 Å². The van der Waals surface area contributed by atoms with Crippen LogP contribution in [0.15, 0.2) is 0 Å². The second kappa shape index (κ2) is 4.11. The molecule has 88 valence electrons. The summed E-state index contributed by atoms with van der Waals surface area (Å²) in [6, 6.07) is -1.13. The van der Waals surface area contributed by atoms with Crippen LogP contribution in [0.4, 0.5) is 4.79 Å². The van der Waals surface area contributed by atoms with Crippen LogP contribution < -0.4 is 5.32 Å². The van der Waals surface area contributed by atoms with Crippen molar-refractivity contribution in [2.24, 2.45) is 0 Å². The number of ketones is 1.